The van der Waals surface area contributed by atoms with Crippen molar-refractivity contribution >= 4 is 22.9 Å². The van der Waals surface area contributed by atoms with Gasteiger partial charge in [-0.3, -0.25) is 4.79 Å². The van der Waals surface area contributed by atoms with Gasteiger partial charge in [-0.05, 0) is 56.7 Å². The number of carbonyl (C=O) groups excluding carboxylic acids is 1. The van der Waals surface area contributed by atoms with Gasteiger partial charge in [-0.25, -0.2) is 4.98 Å². The van der Waals surface area contributed by atoms with Crippen molar-refractivity contribution < 1.29 is 9.53 Å². The van der Waals surface area contributed by atoms with Gasteiger partial charge in [-0.1, -0.05) is 18.2 Å². The molecule has 0 saturated carbocycles. The number of hydrogen-bond donors (Lipinski definition) is 2. The van der Waals surface area contributed by atoms with E-state index >= 15 is 0 Å². The summed E-state index contributed by atoms with van der Waals surface area (Å²) in [4.78, 5) is 17.7. The maximum Gasteiger partial charge on any atom is 0.263 e. The molecule has 0 aliphatic heterocycles. The van der Waals surface area contributed by atoms with E-state index in [9.17, 15) is 4.79 Å². The van der Waals surface area contributed by atoms with E-state index in [1.54, 1.807) is 0 Å². The highest BCUT2D eigenvalue weighted by atomic mass is 32.1. The zero-order valence-electron chi connectivity index (χ0n) is 16.2. The standard InChI is InChI=1S/C22H25N3O2S/c1-3-27-19-12-10-17(11-13-19)22-25-16(2)20(28-22)21(26)24-15-7-14-23-18-8-5-4-6-9-18/h4-6,8-13,23H,3,7,14-15H2,1-2H3,(H,24,26). The molecule has 5 nitrogen and oxygen atoms in total. The second-order valence-electron chi connectivity index (χ2n) is 6.29. The van der Waals surface area contributed by atoms with Crippen molar-refractivity contribution in [2.45, 2.75) is 20.3 Å². The second-order valence-corrected chi connectivity index (χ2v) is 7.29. The minimum atomic E-state index is -0.0631. The molecule has 146 valence electrons. The smallest absolute Gasteiger partial charge is 0.263 e. The van der Waals surface area contributed by atoms with Gasteiger partial charge in [0, 0.05) is 24.3 Å². The zero-order valence-corrected chi connectivity index (χ0v) is 17.0. The molecule has 3 aromatic rings. The average molecular weight is 396 g/mol. The fourth-order valence-electron chi connectivity index (χ4n) is 2.75. The summed E-state index contributed by atoms with van der Waals surface area (Å²) < 4.78 is 5.47. The summed E-state index contributed by atoms with van der Waals surface area (Å²) in [6.45, 7) is 5.90. The Balaban J connectivity index is 1.51. The van der Waals surface area contributed by atoms with Gasteiger partial charge in [0.15, 0.2) is 0 Å². The lowest BCUT2D eigenvalue weighted by molar-refractivity contribution is 0.0957. The number of carbonyl (C=O) groups is 1. The number of aromatic nitrogens is 1. The van der Waals surface area contributed by atoms with Crippen LogP contribution in [0.25, 0.3) is 10.6 Å². The first-order valence-electron chi connectivity index (χ1n) is 9.45. The predicted octanol–water partition coefficient (Wildman–Crippen LogP) is 4.75. The van der Waals surface area contributed by atoms with E-state index in [-0.39, 0.29) is 5.91 Å². The number of thiazole rings is 1. The summed E-state index contributed by atoms with van der Waals surface area (Å²) in [5.41, 5.74) is 2.84. The van der Waals surface area contributed by atoms with Gasteiger partial charge < -0.3 is 15.4 Å². The van der Waals surface area contributed by atoms with Crippen LogP contribution in [0, 0.1) is 6.92 Å². The molecule has 2 aromatic carbocycles. The van der Waals surface area contributed by atoms with E-state index in [2.05, 4.69) is 15.6 Å². The maximum atomic E-state index is 12.5. The maximum absolute atomic E-state index is 12.5. The molecule has 1 aromatic heterocycles. The third-order valence-corrected chi connectivity index (χ3v) is 5.36. The molecule has 6 heteroatoms. The molecule has 0 aliphatic carbocycles. The third kappa shape index (κ3) is 5.33. The SMILES string of the molecule is CCOc1ccc(-c2nc(C)c(C(=O)NCCCNc3ccccc3)s2)cc1. The van der Waals surface area contributed by atoms with Crippen molar-refractivity contribution in [2.24, 2.45) is 0 Å². The molecule has 0 aliphatic rings. The van der Waals surface area contributed by atoms with Crippen LogP contribution in [0.5, 0.6) is 5.75 Å². The number of aryl methyl sites for hydroxylation is 1. The minimum absolute atomic E-state index is 0.0631. The number of para-hydroxylation sites is 1. The van der Waals surface area contributed by atoms with E-state index in [0.29, 0.717) is 18.0 Å². The van der Waals surface area contributed by atoms with E-state index in [1.165, 1.54) is 11.3 Å². The minimum Gasteiger partial charge on any atom is -0.494 e. The van der Waals surface area contributed by atoms with Gasteiger partial charge in [0.2, 0.25) is 0 Å². The first kappa shape index (κ1) is 19.9. The normalized spacial score (nSPS) is 10.5. The Morgan fingerprint density at radius 2 is 1.82 bits per heavy atom. The Morgan fingerprint density at radius 3 is 2.54 bits per heavy atom. The van der Waals surface area contributed by atoms with Crippen LogP contribution in [0.3, 0.4) is 0 Å². The Kier molecular flexibility index (Phi) is 7.03. The van der Waals surface area contributed by atoms with Crippen molar-refractivity contribution in [2.75, 3.05) is 25.0 Å². The van der Waals surface area contributed by atoms with Crippen LogP contribution in [0.1, 0.15) is 28.7 Å². The van der Waals surface area contributed by atoms with Gasteiger partial charge in [0.25, 0.3) is 5.91 Å². The zero-order chi connectivity index (χ0) is 19.8. The molecule has 0 atom stereocenters. The highest BCUT2D eigenvalue weighted by Gasteiger charge is 2.15. The van der Waals surface area contributed by atoms with Crippen molar-refractivity contribution in [3.05, 3.63) is 65.2 Å². The first-order chi connectivity index (χ1) is 13.7. The van der Waals surface area contributed by atoms with E-state index < -0.39 is 0 Å². The molecule has 1 amide bonds. The average Bonchev–Trinajstić information content (AvgIpc) is 3.11. The van der Waals surface area contributed by atoms with Crippen LogP contribution >= 0.6 is 11.3 Å². The fraction of sp³-hybridized carbons (Fsp3) is 0.273. The lowest BCUT2D eigenvalue weighted by Gasteiger charge is -2.07. The summed E-state index contributed by atoms with van der Waals surface area (Å²) in [7, 11) is 0. The predicted molar refractivity (Wildman–Crippen MR) is 115 cm³/mol. The number of nitrogens with zero attached hydrogens (tertiary/aromatic N) is 1. The van der Waals surface area contributed by atoms with Crippen molar-refractivity contribution in [3.63, 3.8) is 0 Å². The van der Waals surface area contributed by atoms with E-state index in [0.717, 1.165) is 40.7 Å². The summed E-state index contributed by atoms with van der Waals surface area (Å²) in [5.74, 6) is 0.772. The number of rotatable bonds is 9. The number of anilines is 1. The van der Waals surface area contributed by atoms with E-state index in [4.69, 9.17) is 4.74 Å². The van der Waals surface area contributed by atoms with Gasteiger partial charge in [0.1, 0.15) is 15.6 Å². The van der Waals surface area contributed by atoms with Crippen molar-refractivity contribution in [1.82, 2.24) is 10.3 Å². The summed E-state index contributed by atoms with van der Waals surface area (Å²) in [6, 6.07) is 17.8. The highest BCUT2D eigenvalue weighted by Crippen LogP contribution is 2.29. The Morgan fingerprint density at radius 1 is 1.07 bits per heavy atom. The van der Waals surface area contributed by atoms with Crippen LogP contribution < -0.4 is 15.4 Å². The number of amides is 1. The van der Waals surface area contributed by atoms with Gasteiger partial charge in [-0.15, -0.1) is 11.3 Å². The van der Waals surface area contributed by atoms with Crippen LogP contribution in [-0.2, 0) is 0 Å². The van der Waals surface area contributed by atoms with Gasteiger partial charge in [-0.2, -0.15) is 0 Å². The molecular formula is C22H25N3O2S. The van der Waals surface area contributed by atoms with Crippen molar-refractivity contribution in [1.29, 1.82) is 0 Å². The second kappa shape index (κ2) is 9.90. The highest BCUT2D eigenvalue weighted by molar-refractivity contribution is 7.17. The molecule has 0 saturated heterocycles. The Hall–Kier alpha value is -2.86. The quantitative estimate of drug-likeness (QED) is 0.513. The fourth-order valence-corrected chi connectivity index (χ4v) is 3.74. The summed E-state index contributed by atoms with van der Waals surface area (Å²) >= 11 is 1.42. The molecule has 0 unspecified atom stereocenters. The van der Waals surface area contributed by atoms with Crippen LogP contribution in [-0.4, -0.2) is 30.6 Å². The third-order valence-electron chi connectivity index (χ3n) is 4.16. The van der Waals surface area contributed by atoms with Gasteiger partial charge in [0.05, 0.1) is 12.3 Å². The Bertz CT molecular complexity index is 892. The monoisotopic (exact) mass is 395 g/mol. The Labute approximate surface area is 169 Å². The molecule has 0 radical (unpaired) electrons. The summed E-state index contributed by atoms with van der Waals surface area (Å²) in [5, 5.41) is 7.17. The molecule has 3 rings (SSSR count). The summed E-state index contributed by atoms with van der Waals surface area (Å²) in [6.07, 6.45) is 0.851. The van der Waals surface area contributed by atoms with Crippen molar-refractivity contribution in [3.8, 4) is 16.3 Å². The molecule has 28 heavy (non-hydrogen) atoms. The number of hydrogen-bond acceptors (Lipinski definition) is 5. The lowest BCUT2D eigenvalue weighted by atomic mass is 10.2. The molecule has 0 bridgehead atoms. The first-order valence-corrected chi connectivity index (χ1v) is 10.3. The van der Waals surface area contributed by atoms with Crippen LogP contribution in [0.2, 0.25) is 0 Å². The van der Waals surface area contributed by atoms with E-state index in [1.807, 2.05) is 68.4 Å². The number of benzene rings is 2. The molecule has 0 spiro atoms. The topological polar surface area (TPSA) is 63.2 Å². The van der Waals surface area contributed by atoms with Crippen LogP contribution in [0.4, 0.5) is 5.69 Å². The molecular weight excluding hydrogens is 370 g/mol. The largest absolute Gasteiger partial charge is 0.494 e. The number of ether oxygens (including phenoxy) is 1. The number of nitrogens with one attached hydrogen (secondary N) is 2. The molecule has 1 heterocycles. The lowest BCUT2D eigenvalue weighted by Crippen LogP contribution is -2.25. The van der Waals surface area contributed by atoms with Crippen LogP contribution in [0.15, 0.2) is 54.6 Å². The molecule has 2 N–H and O–H groups in total. The molecule has 0 fully saturated rings. The van der Waals surface area contributed by atoms with Gasteiger partial charge >= 0.3 is 0 Å².